The molecule has 0 radical (unpaired) electrons. The van der Waals surface area contributed by atoms with Gasteiger partial charge in [-0.3, -0.25) is 4.79 Å². The van der Waals surface area contributed by atoms with Crippen LogP contribution >= 0.6 is 0 Å². The van der Waals surface area contributed by atoms with Gasteiger partial charge in [-0.05, 0) is 24.3 Å². The molecule has 3 heteroatoms. The van der Waals surface area contributed by atoms with Crippen LogP contribution in [0.3, 0.4) is 0 Å². The summed E-state index contributed by atoms with van der Waals surface area (Å²) >= 11 is 0. The van der Waals surface area contributed by atoms with Gasteiger partial charge in [-0.15, -0.1) is 0 Å². The average molecular weight is 166 g/mol. The summed E-state index contributed by atoms with van der Waals surface area (Å²) in [6.07, 6.45) is 0. The van der Waals surface area contributed by atoms with Crippen molar-refractivity contribution >= 4 is 0 Å². The van der Waals surface area contributed by atoms with Gasteiger partial charge in [0.25, 0.3) is 0 Å². The minimum Gasteiger partial charge on any atom is -0.493 e. The molecule has 64 valence electrons. The van der Waals surface area contributed by atoms with Crippen LogP contribution in [0.4, 0.5) is 0 Å². The van der Waals surface area contributed by atoms with E-state index >= 15 is 0 Å². The normalized spacial score (nSPS) is 9.17. The highest BCUT2D eigenvalue weighted by molar-refractivity contribution is 5.37. The predicted molar refractivity (Wildman–Crippen MR) is 45.8 cm³/mol. The monoisotopic (exact) mass is 166 g/mol. The largest absolute Gasteiger partial charge is 0.493 e. The Balaban J connectivity index is 3.29. The molecule has 0 amide bonds. The minimum atomic E-state index is -0.0726. The Hall–Kier alpha value is -1.51. The zero-order valence-corrected chi connectivity index (χ0v) is 7.03. The molecule has 3 nitrogen and oxygen atoms in total. The second-order valence-electron chi connectivity index (χ2n) is 2.21. The van der Waals surface area contributed by atoms with Crippen molar-refractivity contribution in [3.63, 3.8) is 0 Å². The van der Waals surface area contributed by atoms with Crippen molar-refractivity contribution in [2.24, 2.45) is 0 Å². The summed E-state index contributed by atoms with van der Waals surface area (Å²) in [7, 11) is 3.06. The molecule has 1 aromatic rings. The topological polar surface area (TPSA) is 35.5 Å². The van der Waals surface area contributed by atoms with Gasteiger partial charge in [0.2, 0.25) is 0 Å². The van der Waals surface area contributed by atoms with Crippen LogP contribution in [0, 0.1) is 0 Å². The number of hydrogen-bond acceptors (Lipinski definition) is 3. The van der Waals surface area contributed by atoms with Gasteiger partial charge in [0.05, 0.1) is 14.2 Å². The number of rotatable bonds is 2. The summed E-state index contributed by atoms with van der Waals surface area (Å²) in [5, 5.41) is 0. The standard InChI is InChI=1S/C9H10O3/c1-11-8-5-3-7(10)4-6-9(8)12-2/h3-6H,1-2H3. The first kappa shape index (κ1) is 8.59. The van der Waals surface area contributed by atoms with Gasteiger partial charge < -0.3 is 9.47 Å². The Morgan fingerprint density at radius 2 is 1.33 bits per heavy atom. The van der Waals surface area contributed by atoms with Crippen LogP contribution in [-0.2, 0) is 0 Å². The van der Waals surface area contributed by atoms with Crippen molar-refractivity contribution in [2.45, 2.75) is 0 Å². The van der Waals surface area contributed by atoms with E-state index in [4.69, 9.17) is 9.47 Å². The molecule has 0 spiro atoms. The lowest BCUT2D eigenvalue weighted by Crippen LogP contribution is -1.87. The molecule has 0 atom stereocenters. The zero-order chi connectivity index (χ0) is 8.97. The van der Waals surface area contributed by atoms with Crippen molar-refractivity contribution in [3.8, 4) is 11.5 Å². The zero-order valence-electron chi connectivity index (χ0n) is 7.03. The van der Waals surface area contributed by atoms with Crippen LogP contribution in [0.25, 0.3) is 0 Å². The van der Waals surface area contributed by atoms with Crippen molar-refractivity contribution in [2.75, 3.05) is 14.2 Å². The molecule has 0 aliphatic rings. The van der Waals surface area contributed by atoms with E-state index in [1.54, 1.807) is 12.1 Å². The molecule has 0 fully saturated rings. The third kappa shape index (κ3) is 1.75. The Kier molecular flexibility index (Phi) is 2.69. The fourth-order valence-electron chi connectivity index (χ4n) is 0.873. The SMILES string of the molecule is COc1ccc(=O)ccc1OC. The molecule has 0 aliphatic carbocycles. The molecule has 0 unspecified atom stereocenters. The maximum absolute atomic E-state index is 10.9. The molecule has 1 rings (SSSR count). The predicted octanol–water partition coefficient (Wildman–Crippen LogP) is 1.06. The first-order valence-electron chi connectivity index (χ1n) is 3.50. The molecule has 12 heavy (non-hydrogen) atoms. The van der Waals surface area contributed by atoms with Gasteiger partial charge in [-0.25, -0.2) is 0 Å². The van der Waals surface area contributed by atoms with E-state index in [0.717, 1.165) is 0 Å². The Bertz CT molecular complexity index is 290. The minimum absolute atomic E-state index is 0.0726. The number of ether oxygens (including phenoxy) is 2. The molecule has 1 aromatic carbocycles. The number of hydrogen-bond donors (Lipinski definition) is 0. The Morgan fingerprint density at radius 1 is 0.917 bits per heavy atom. The smallest absolute Gasteiger partial charge is 0.178 e. The lowest BCUT2D eigenvalue weighted by Gasteiger charge is -2.01. The summed E-state index contributed by atoms with van der Waals surface area (Å²) in [6.45, 7) is 0. The van der Waals surface area contributed by atoms with Gasteiger partial charge in [-0.1, -0.05) is 0 Å². The Morgan fingerprint density at radius 3 is 1.67 bits per heavy atom. The van der Waals surface area contributed by atoms with Crippen LogP contribution in [0.15, 0.2) is 29.1 Å². The molecule has 0 aromatic heterocycles. The van der Waals surface area contributed by atoms with Crippen LogP contribution in [0.5, 0.6) is 11.5 Å². The summed E-state index contributed by atoms with van der Waals surface area (Å²) < 4.78 is 9.97. The van der Waals surface area contributed by atoms with Crippen molar-refractivity contribution in [3.05, 3.63) is 34.5 Å². The third-order valence-corrected chi connectivity index (χ3v) is 1.48. The highest BCUT2D eigenvalue weighted by atomic mass is 16.5. The molecule has 0 heterocycles. The summed E-state index contributed by atoms with van der Waals surface area (Å²) in [5.74, 6) is 1.11. The highest BCUT2D eigenvalue weighted by Crippen LogP contribution is 2.22. The maximum Gasteiger partial charge on any atom is 0.178 e. The first-order valence-corrected chi connectivity index (χ1v) is 3.50. The van der Waals surface area contributed by atoms with Gasteiger partial charge in [0, 0.05) is 0 Å². The summed E-state index contributed by atoms with van der Waals surface area (Å²) in [4.78, 5) is 10.9. The van der Waals surface area contributed by atoms with Gasteiger partial charge >= 0.3 is 0 Å². The van der Waals surface area contributed by atoms with Gasteiger partial charge in [0.15, 0.2) is 16.9 Å². The van der Waals surface area contributed by atoms with Gasteiger partial charge in [0.1, 0.15) is 0 Å². The lowest BCUT2D eigenvalue weighted by atomic mass is 10.4. The van der Waals surface area contributed by atoms with E-state index in [9.17, 15) is 4.79 Å². The van der Waals surface area contributed by atoms with E-state index in [0.29, 0.717) is 11.5 Å². The van der Waals surface area contributed by atoms with Gasteiger partial charge in [-0.2, -0.15) is 0 Å². The summed E-state index contributed by atoms with van der Waals surface area (Å²) in [6, 6.07) is 6.03. The second-order valence-corrected chi connectivity index (χ2v) is 2.21. The fourth-order valence-corrected chi connectivity index (χ4v) is 0.873. The van der Waals surface area contributed by atoms with E-state index < -0.39 is 0 Å². The summed E-state index contributed by atoms with van der Waals surface area (Å²) in [5.41, 5.74) is -0.0726. The molecule has 0 saturated carbocycles. The average Bonchev–Trinajstić information content (AvgIpc) is 2.27. The van der Waals surface area contributed by atoms with Crippen molar-refractivity contribution < 1.29 is 9.47 Å². The third-order valence-electron chi connectivity index (χ3n) is 1.48. The van der Waals surface area contributed by atoms with Crippen molar-refractivity contribution in [1.82, 2.24) is 0 Å². The van der Waals surface area contributed by atoms with Crippen LogP contribution in [0.1, 0.15) is 0 Å². The maximum atomic E-state index is 10.9. The van der Waals surface area contributed by atoms with Crippen LogP contribution in [-0.4, -0.2) is 14.2 Å². The first-order chi connectivity index (χ1) is 5.77. The van der Waals surface area contributed by atoms with E-state index in [1.165, 1.54) is 26.4 Å². The highest BCUT2D eigenvalue weighted by Gasteiger charge is 1.98. The molecule has 0 bridgehead atoms. The van der Waals surface area contributed by atoms with E-state index in [2.05, 4.69) is 0 Å². The molecule has 0 aliphatic heterocycles. The van der Waals surface area contributed by atoms with Crippen LogP contribution < -0.4 is 14.9 Å². The van der Waals surface area contributed by atoms with Crippen LogP contribution in [0.2, 0.25) is 0 Å². The van der Waals surface area contributed by atoms with E-state index in [-0.39, 0.29) is 5.43 Å². The van der Waals surface area contributed by atoms with E-state index in [1.807, 2.05) is 0 Å². The fraction of sp³-hybridized carbons (Fsp3) is 0.222. The molecule has 0 N–H and O–H groups in total. The molecule has 0 saturated heterocycles. The number of methoxy groups -OCH3 is 2. The quantitative estimate of drug-likeness (QED) is 0.659. The second kappa shape index (κ2) is 3.76. The lowest BCUT2D eigenvalue weighted by molar-refractivity contribution is 0.356. The molecular formula is C9H10O3. The Labute approximate surface area is 70.6 Å². The van der Waals surface area contributed by atoms with Crippen molar-refractivity contribution in [1.29, 1.82) is 0 Å². The molecular weight excluding hydrogens is 156 g/mol.